The summed E-state index contributed by atoms with van der Waals surface area (Å²) in [5, 5.41) is 3.68. The number of nitrogens with one attached hydrogen (secondary N) is 1. The molecule has 2 heterocycles. The van der Waals surface area contributed by atoms with Crippen LogP contribution in [-0.2, 0) is 0 Å². The minimum atomic E-state index is 0. The maximum Gasteiger partial charge on any atom is 0.0734 e. The van der Waals surface area contributed by atoms with Crippen molar-refractivity contribution in [3.8, 4) is 0 Å². The lowest BCUT2D eigenvalue weighted by molar-refractivity contribution is 0.0803. The van der Waals surface area contributed by atoms with E-state index < -0.39 is 0 Å². The van der Waals surface area contributed by atoms with Gasteiger partial charge in [-0.2, -0.15) is 0 Å². The van der Waals surface area contributed by atoms with Gasteiger partial charge in [-0.05, 0) is 13.0 Å². The van der Waals surface area contributed by atoms with Crippen molar-refractivity contribution in [2.45, 2.75) is 31.6 Å². The fraction of sp³-hybridized carbons (Fsp3) is 1.00. The van der Waals surface area contributed by atoms with E-state index in [0.717, 1.165) is 12.1 Å². The molecule has 3 aliphatic rings. The molecule has 2 aliphatic heterocycles. The first-order chi connectivity index (χ1) is 5.88. The molecule has 12 heavy (non-hydrogen) atoms. The third kappa shape index (κ3) is 0.934. The van der Waals surface area contributed by atoms with Gasteiger partial charge in [-0.1, -0.05) is 6.92 Å². The fourth-order valence-corrected chi connectivity index (χ4v) is 2.66. The Morgan fingerprint density at radius 1 is 1.50 bits per heavy atom. The molecule has 1 saturated carbocycles. The van der Waals surface area contributed by atoms with E-state index in [2.05, 4.69) is 22.0 Å². The zero-order valence-electron chi connectivity index (χ0n) is 7.66. The van der Waals surface area contributed by atoms with Crippen LogP contribution in [0.5, 0.6) is 0 Å². The average Bonchev–Trinajstić information content (AvgIpc) is 2.78. The molecule has 3 fully saturated rings. The summed E-state index contributed by atoms with van der Waals surface area (Å²) in [4.78, 5) is 5.20. The minimum Gasteiger partial charge on any atom is -0.299 e. The Balaban J connectivity index is 0.000000653. The first kappa shape index (κ1) is 7.30. The van der Waals surface area contributed by atoms with Gasteiger partial charge in [-0.25, -0.2) is 0 Å². The summed E-state index contributed by atoms with van der Waals surface area (Å²) in [6.07, 6.45) is 2.09. The van der Waals surface area contributed by atoms with Crippen molar-refractivity contribution in [3.05, 3.63) is 0 Å². The molecule has 1 N–H and O–H groups in total. The van der Waals surface area contributed by atoms with Crippen LogP contribution in [0.15, 0.2) is 0 Å². The molecule has 70 valence electrons. The lowest BCUT2D eigenvalue weighted by atomic mass is 10.2. The van der Waals surface area contributed by atoms with E-state index in [1.54, 1.807) is 0 Å². The molecule has 3 atom stereocenters. The zero-order valence-corrected chi connectivity index (χ0v) is 7.66. The lowest BCUT2D eigenvalue weighted by Crippen LogP contribution is -2.55. The number of likely N-dealkylation sites (N-methyl/N-ethyl adjacent to an activating group) is 1. The number of piperazine rings is 1. The summed E-state index contributed by atoms with van der Waals surface area (Å²) in [6, 6.07) is 1.76. The van der Waals surface area contributed by atoms with Gasteiger partial charge in [0.05, 0.1) is 6.17 Å². The standard InChI is InChI=1S/C9H17N3.H2/c1-2-11-3-4-12-8-5-7(8)10-9(12)6-11;/h7-10H,2-6H2,1H3;1H. The van der Waals surface area contributed by atoms with Gasteiger partial charge in [0.15, 0.2) is 0 Å². The first-order valence-corrected chi connectivity index (χ1v) is 5.12. The molecule has 3 heteroatoms. The molecule has 0 amide bonds. The second-order valence-electron chi connectivity index (χ2n) is 4.22. The Morgan fingerprint density at radius 3 is 3.25 bits per heavy atom. The summed E-state index contributed by atoms with van der Waals surface area (Å²) >= 11 is 0. The fourth-order valence-electron chi connectivity index (χ4n) is 2.66. The molecule has 0 aromatic carbocycles. The van der Waals surface area contributed by atoms with Crippen LogP contribution in [0.25, 0.3) is 0 Å². The molecule has 2 saturated heterocycles. The molecule has 0 aromatic heterocycles. The van der Waals surface area contributed by atoms with E-state index in [1.165, 1.54) is 32.6 Å². The van der Waals surface area contributed by atoms with Crippen LogP contribution in [0.1, 0.15) is 14.8 Å². The van der Waals surface area contributed by atoms with Gasteiger partial charge >= 0.3 is 0 Å². The van der Waals surface area contributed by atoms with Crippen LogP contribution >= 0.6 is 0 Å². The van der Waals surface area contributed by atoms with E-state index >= 15 is 0 Å². The van der Waals surface area contributed by atoms with Gasteiger partial charge < -0.3 is 0 Å². The Labute approximate surface area is 75.2 Å². The van der Waals surface area contributed by atoms with Gasteiger partial charge in [0, 0.05) is 33.1 Å². The van der Waals surface area contributed by atoms with E-state index in [-0.39, 0.29) is 1.43 Å². The second-order valence-corrected chi connectivity index (χ2v) is 4.22. The normalized spacial score (nSPS) is 47.2. The Hall–Kier alpha value is -0.120. The minimum absolute atomic E-state index is 0. The SMILES string of the molecule is CCN1CCN2C(C1)NC1CC12.[HH]. The van der Waals surface area contributed by atoms with Crippen molar-refractivity contribution in [2.75, 3.05) is 26.2 Å². The van der Waals surface area contributed by atoms with E-state index in [4.69, 9.17) is 0 Å². The van der Waals surface area contributed by atoms with Gasteiger partial charge in [-0.15, -0.1) is 0 Å². The van der Waals surface area contributed by atoms with Crippen molar-refractivity contribution in [2.24, 2.45) is 0 Å². The highest BCUT2D eigenvalue weighted by Crippen LogP contribution is 2.36. The maximum atomic E-state index is 3.68. The van der Waals surface area contributed by atoms with Crippen molar-refractivity contribution < 1.29 is 1.43 Å². The van der Waals surface area contributed by atoms with E-state index in [0.29, 0.717) is 6.17 Å². The van der Waals surface area contributed by atoms with Crippen LogP contribution in [0.3, 0.4) is 0 Å². The number of hydrogen-bond donors (Lipinski definition) is 1. The van der Waals surface area contributed by atoms with Crippen LogP contribution < -0.4 is 5.32 Å². The number of hydrogen-bond acceptors (Lipinski definition) is 3. The monoisotopic (exact) mass is 169 g/mol. The van der Waals surface area contributed by atoms with Crippen molar-refractivity contribution in [3.63, 3.8) is 0 Å². The van der Waals surface area contributed by atoms with Crippen molar-refractivity contribution in [1.82, 2.24) is 15.1 Å². The van der Waals surface area contributed by atoms with Crippen LogP contribution in [0.4, 0.5) is 0 Å². The van der Waals surface area contributed by atoms with Gasteiger partial charge in [0.2, 0.25) is 0 Å². The molecule has 3 nitrogen and oxygen atoms in total. The van der Waals surface area contributed by atoms with Crippen LogP contribution in [0.2, 0.25) is 0 Å². The zero-order chi connectivity index (χ0) is 8.13. The highest BCUT2D eigenvalue weighted by Gasteiger charge is 2.52. The molecule has 0 aromatic rings. The highest BCUT2D eigenvalue weighted by molar-refractivity contribution is 5.11. The Kier molecular flexibility index (Phi) is 1.48. The average molecular weight is 169 g/mol. The first-order valence-electron chi connectivity index (χ1n) is 5.12. The van der Waals surface area contributed by atoms with Gasteiger partial charge in [0.25, 0.3) is 0 Å². The predicted octanol–water partition coefficient (Wildman–Crippen LogP) is -0.0599. The van der Waals surface area contributed by atoms with Gasteiger partial charge in [-0.3, -0.25) is 15.1 Å². The molecule has 0 radical (unpaired) electrons. The van der Waals surface area contributed by atoms with Crippen molar-refractivity contribution >= 4 is 0 Å². The second kappa shape index (κ2) is 2.44. The molecule has 0 bridgehead atoms. The molecule has 3 unspecified atom stereocenters. The van der Waals surface area contributed by atoms with E-state index in [9.17, 15) is 0 Å². The topological polar surface area (TPSA) is 18.5 Å². The maximum absolute atomic E-state index is 3.68. The summed E-state index contributed by atoms with van der Waals surface area (Å²) in [6.45, 7) is 7.26. The summed E-state index contributed by atoms with van der Waals surface area (Å²) in [5.41, 5.74) is 0. The lowest BCUT2D eigenvalue weighted by Gasteiger charge is -2.38. The van der Waals surface area contributed by atoms with Crippen molar-refractivity contribution in [1.29, 1.82) is 0 Å². The molecule has 3 rings (SSSR count). The summed E-state index contributed by atoms with van der Waals surface area (Å²) in [5.74, 6) is 0. The highest BCUT2D eigenvalue weighted by atomic mass is 15.5. The number of nitrogens with zero attached hydrogens (tertiary/aromatic N) is 2. The van der Waals surface area contributed by atoms with E-state index in [1.807, 2.05) is 0 Å². The predicted molar refractivity (Wildman–Crippen MR) is 50.1 cm³/mol. The Bertz CT molecular complexity index is 199. The smallest absolute Gasteiger partial charge is 0.0734 e. The Morgan fingerprint density at radius 2 is 2.42 bits per heavy atom. The largest absolute Gasteiger partial charge is 0.299 e. The number of fused-ring (bicyclic) bond motifs is 3. The molecular formula is C9H19N3. The number of rotatable bonds is 1. The molecule has 0 spiro atoms. The third-order valence-electron chi connectivity index (χ3n) is 3.54. The summed E-state index contributed by atoms with van der Waals surface area (Å²) < 4.78 is 0. The summed E-state index contributed by atoms with van der Waals surface area (Å²) in [7, 11) is 0. The van der Waals surface area contributed by atoms with Gasteiger partial charge in [0.1, 0.15) is 0 Å². The molecule has 1 aliphatic carbocycles. The molecular weight excluding hydrogens is 150 g/mol. The third-order valence-corrected chi connectivity index (χ3v) is 3.54. The van der Waals surface area contributed by atoms with Crippen LogP contribution in [0, 0.1) is 0 Å². The van der Waals surface area contributed by atoms with Crippen LogP contribution in [-0.4, -0.2) is 54.2 Å². The quantitative estimate of drug-likeness (QED) is 0.593.